The molecule has 62 valence electrons. The van der Waals surface area contributed by atoms with Gasteiger partial charge in [0.1, 0.15) is 0 Å². The van der Waals surface area contributed by atoms with E-state index in [0.29, 0.717) is 6.42 Å². The van der Waals surface area contributed by atoms with Gasteiger partial charge in [0.15, 0.2) is 0 Å². The van der Waals surface area contributed by atoms with Crippen LogP contribution in [0, 0.1) is 0 Å². The number of hydrogen-bond acceptors (Lipinski definition) is 3. The molecule has 0 aliphatic heterocycles. The van der Waals surface area contributed by atoms with E-state index in [2.05, 4.69) is 10.3 Å². The molecule has 11 heavy (non-hydrogen) atoms. The van der Waals surface area contributed by atoms with E-state index in [9.17, 15) is 4.79 Å². The predicted molar refractivity (Wildman–Crippen MR) is 40.4 cm³/mol. The van der Waals surface area contributed by atoms with Gasteiger partial charge in [0.25, 0.3) is 5.91 Å². The molecule has 1 aliphatic carbocycles. The predicted octanol–water partition coefficient (Wildman–Crippen LogP) is -0.289. The number of amides is 1. The number of nitrogens with two attached hydrogens (primary N) is 1. The van der Waals surface area contributed by atoms with Crippen molar-refractivity contribution in [1.82, 2.24) is 5.48 Å². The molecule has 0 spiro atoms. The molecule has 0 heterocycles. The molecule has 0 bridgehead atoms. The van der Waals surface area contributed by atoms with Crippen molar-refractivity contribution in [3.05, 3.63) is 11.6 Å². The Labute approximate surface area is 65.4 Å². The lowest BCUT2D eigenvalue weighted by atomic mass is 10.2. The Bertz CT molecular complexity index is 189. The number of rotatable bonds is 2. The lowest BCUT2D eigenvalue weighted by Gasteiger charge is -2.03. The second kappa shape index (κ2) is 3.50. The molecular weight excluding hydrogens is 144 g/mol. The standard InChI is InChI=1S/C7H12N2O2/c1-11-9-7(10)5-2-3-6(8)4-5/h2,6H,3-4,8H2,1H3,(H,9,10)/t6-/m0/s1. The molecule has 0 saturated carbocycles. The highest BCUT2D eigenvalue weighted by atomic mass is 16.6. The number of hydrogen-bond donors (Lipinski definition) is 2. The van der Waals surface area contributed by atoms with Crippen molar-refractivity contribution in [3.8, 4) is 0 Å². The smallest absolute Gasteiger partial charge is 0.270 e. The molecule has 4 nitrogen and oxygen atoms in total. The highest BCUT2D eigenvalue weighted by Gasteiger charge is 2.18. The fraction of sp³-hybridized carbons (Fsp3) is 0.571. The Balaban J connectivity index is 2.43. The van der Waals surface area contributed by atoms with Crippen molar-refractivity contribution in [3.63, 3.8) is 0 Å². The largest absolute Gasteiger partial charge is 0.327 e. The summed E-state index contributed by atoms with van der Waals surface area (Å²) in [5.74, 6) is -0.180. The maximum absolute atomic E-state index is 11.0. The number of carbonyl (C=O) groups is 1. The van der Waals surface area contributed by atoms with Crippen LogP contribution in [-0.2, 0) is 9.63 Å². The van der Waals surface area contributed by atoms with Gasteiger partial charge in [-0.3, -0.25) is 9.63 Å². The van der Waals surface area contributed by atoms with Crippen LogP contribution in [0.25, 0.3) is 0 Å². The van der Waals surface area contributed by atoms with Crippen molar-refractivity contribution < 1.29 is 9.63 Å². The molecule has 1 rings (SSSR count). The van der Waals surface area contributed by atoms with E-state index in [-0.39, 0.29) is 11.9 Å². The van der Waals surface area contributed by atoms with Gasteiger partial charge in [0.05, 0.1) is 7.11 Å². The van der Waals surface area contributed by atoms with Crippen molar-refractivity contribution in [2.24, 2.45) is 5.73 Å². The van der Waals surface area contributed by atoms with Crippen LogP contribution in [0.1, 0.15) is 12.8 Å². The third-order valence-electron chi connectivity index (χ3n) is 1.64. The zero-order chi connectivity index (χ0) is 8.27. The Kier molecular flexibility index (Phi) is 2.62. The zero-order valence-electron chi connectivity index (χ0n) is 6.46. The van der Waals surface area contributed by atoms with Crippen LogP contribution < -0.4 is 11.2 Å². The number of carbonyl (C=O) groups excluding carboxylic acids is 1. The van der Waals surface area contributed by atoms with Crippen LogP contribution in [0.5, 0.6) is 0 Å². The first kappa shape index (κ1) is 8.23. The number of hydroxylamine groups is 1. The molecular formula is C7H12N2O2. The molecule has 1 aliphatic rings. The monoisotopic (exact) mass is 156 g/mol. The summed E-state index contributed by atoms with van der Waals surface area (Å²) in [6.07, 6.45) is 3.28. The first-order chi connectivity index (χ1) is 5.24. The van der Waals surface area contributed by atoms with Crippen LogP contribution in [0.4, 0.5) is 0 Å². The van der Waals surface area contributed by atoms with Gasteiger partial charge in [-0.2, -0.15) is 0 Å². The van der Waals surface area contributed by atoms with Gasteiger partial charge in [-0.25, -0.2) is 5.48 Å². The molecule has 1 atom stereocenters. The van der Waals surface area contributed by atoms with Crippen LogP contribution >= 0.6 is 0 Å². The van der Waals surface area contributed by atoms with Crippen LogP contribution in [0.15, 0.2) is 11.6 Å². The van der Waals surface area contributed by atoms with Crippen LogP contribution in [0.2, 0.25) is 0 Å². The van der Waals surface area contributed by atoms with Gasteiger partial charge in [-0.15, -0.1) is 0 Å². The van der Waals surface area contributed by atoms with Crippen molar-refractivity contribution in [2.75, 3.05) is 7.11 Å². The SMILES string of the molecule is CONC(=O)C1=CC[C@H](N)C1. The minimum atomic E-state index is -0.180. The van der Waals surface area contributed by atoms with Gasteiger partial charge >= 0.3 is 0 Å². The fourth-order valence-corrected chi connectivity index (χ4v) is 1.09. The average molecular weight is 156 g/mol. The first-order valence-electron chi connectivity index (χ1n) is 3.52. The molecule has 0 aromatic rings. The molecule has 0 radical (unpaired) electrons. The molecule has 3 N–H and O–H groups in total. The summed E-state index contributed by atoms with van der Waals surface area (Å²) in [5.41, 5.74) is 8.55. The highest BCUT2D eigenvalue weighted by molar-refractivity contribution is 5.93. The van der Waals surface area contributed by atoms with E-state index >= 15 is 0 Å². The van der Waals surface area contributed by atoms with Gasteiger partial charge < -0.3 is 5.73 Å². The topological polar surface area (TPSA) is 64.3 Å². The van der Waals surface area contributed by atoms with Crippen molar-refractivity contribution in [1.29, 1.82) is 0 Å². The first-order valence-corrected chi connectivity index (χ1v) is 3.52. The van der Waals surface area contributed by atoms with E-state index in [1.54, 1.807) is 0 Å². The maximum Gasteiger partial charge on any atom is 0.270 e. The van der Waals surface area contributed by atoms with E-state index < -0.39 is 0 Å². The van der Waals surface area contributed by atoms with Crippen LogP contribution in [0.3, 0.4) is 0 Å². The fourth-order valence-electron chi connectivity index (χ4n) is 1.09. The Morgan fingerprint density at radius 2 is 2.64 bits per heavy atom. The third kappa shape index (κ3) is 2.03. The van der Waals surface area contributed by atoms with E-state index in [1.165, 1.54) is 7.11 Å². The summed E-state index contributed by atoms with van der Waals surface area (Å²) in [7, 11) is 1.41. The summed E-state index contributed by atoms with van der Waals surface area (Å²) in [4.78, 5) is 15.5. The van der Waals surface area contributed by atoms with Gasteiger partial charge in [-0.1, -0.05) is 6.08 Å². The molecule has 0 unspecified atom stereocenters. The van der Waals surface area contributed by atoms with Gasteiger partial charge in [0.2, 0.25) is 0 Å². The summed E-state index contributed by atoms with van der Waals surface area (Å²) in [5, 5.41) is 0. The zero-order valence-corrected chi connectivity index (χ0v) is 6.46. The molecule has 1 amide bonds. The van der Waals surface area contributed by atoms with Gasteiger partial charge in [0, 0.05) is 11.6 Å². The summed E-state index contributed by atoms with van der Waals surface area (Å²) < 4.78 is 0. The quantitative estimate of drug-likeness (QED) is 0.540. The second-order valence-electron chi connectivity index (χ2n) is 2.56. The Morgan fingerprint density at radius 3 is 3.09 bits per heavy atom. The Morgan fingerprint density at radius 1 is 1.91 bits per heavy atom. The second-order valence-corrected chi connectivity index (χ2v) is 2.56. The van der Waals surface area contributed by atoms with E-state index in [0.717, 1.165) is 12.0 Å². The molecule has 4 heteroatoms. The van der Waals surface area contributed by atoms with Crippen molar-refractivity contribution in [2.45, 2.75) is 18.9 Å². The number of nitrogens with one attached hydrogen (secondary N) is 1. The average Bonchev–Trinajstić information content (AvgIpc) is 2.36. The highest BCUT2D eigenvalue weighted by Crippen LogP contribution is 2.16. The van der Waals surface area contributed by atoms with E-state index in [4.69, 9.17) is 5.73 Å². The summed E-state index contributed by atoms with van der Waals surface area (Å²) >= 11 is 0. The lowest BCUT2D eigenvalue weighted by Crippen LogP contribution is -2.25. The summed E-state index contributed by atoms with van der Waals surface area (Å²) in [6.45, 7) is 0. The molecule has 0 aromatic heterocycles. The minimum absolute atomic E-state index is 0.104. The Hall–Kier alpha value is -0.870. The molecule has 0 fully saturated rings. The maximum atomic E-state index is 11.0. The van der Waals surface area contributed by atoms with Crippen LogP contribution in [-0.4, -0.2) is 19.1 Å². The lowest BCUT2D eigenvalue weighted by molar-refractivity contribution is -0.127. The molecule has 0 aromatic carbocycles. The summed E-state index contributed by atoms with van der Waals surface area (Å²) in [6, 6.07) is 0.104. The normalized spacial score (nSPS) is 23.1. The van der Waals surface area contributed by atoms with Crippen molar-refractivity contribution >= 4 is 5.91 Å². The third-order valence-corrected chi connectivity index (χ3v) is 1.64. The molecule has 0 saturated heterocycles. The van der Waals surface area contributed by atoms with E-state index in [1.807, 2.05) is 6.08 Å². The minimum Gasteiger partial charge on any atom is -0.327 e. The van der Waals surface area contributed by atoms with Gasteiger partial charge in [-0.05, 0) is 12.8 Å².